The van der Waals surface area contributed by atoms with E-state index in [0.29, 0.717) is 6.61 Å². The topological polar surface area (TPSA) is 81.0 Å². The van der Waals surface area contributed by atoms with Crippen molar-refractivity contribution in [2.75, 3.05) is 25.1 Å². The van der Waals surface area contributed by atoms with Crippen LogP contribution in [0.1, 0.15) is 47.3 Å². The summed E-state index contributed by atoms with van der Waals surface area (Å²) in [5, 5.41) is 10.1. The summed E-state index contributed by atoms with van der Waals surface area (Å²) in [6, 6.07) is 13.6. The number of aliphatic carboxylic acids is 1. The van der Waals surface area contributed by atoms with Gasteiger partial charge < -0.3 is 19.5 Å². The van der Waals surface area contributed by atoms with Crippen molar-refractivity contribution in [3.8, 4) is 5.75 Å². The van der Waals surface area contributed by atoms with Gasteiger partial charge in [0, 0.05) is 24.0 Å². The van der Waals surface area contributed by atoms with Crippen molar-refractivity contribution in [1.82, 2.24) is 4.57 Å². The zero-order valence-electron chi connectivity index (χ0n) is 21.2. The first kappa shape index (κ1) is 24.4. The van der Waals surface area contributed by atoms with Crippen LogP contribution < -0.4 is 9.64 Å². The van der Waals surface area contributed by atoms with Gasteiger partial charge in [0.1, 0.15) is 11.9 Å². The molecule has 7 heteroatoms. The minimum Gasteiger partial charge on any atom is -0.484 e. The van der Waals surface area contributed by atoms with Crippen molar-refractivity contribution in [3.63, 3.8) is 0 Å². The fourth-order valence-electron chi connectivity index (χ4n) is 5.85. The summed E-state index contributed by atoms with van der Waals surface area (Å²) >= 11 is 0. The molecule has 1 aliphatic carbocycles. The van der Waals surface area contributed by atoms with E-state index in [-0.39, 0.29) is 30.5 Å². The standard InChI is InChI=1S/C29H34N2O5/c1-18-6-4-9-26-28(18)30(3)16-23(36-26)17-35-22-12-10-20(11-13-22)29(34)31-19(2)14-24-21(15-27(32)33)7-5-8-25(24)31/h4-9,14,20,22-23H,10-13,15-17H2,1-3H3,(H,32,33). The van der Waals surface area contributed by atoms with Crippen LogP contribution in [0.25, 0.3) is 10.9 Å². The van der Waals surface area contributed by atoms with Crippen LogP contribution in [-0.4, -0.2) is 54.0 Å². The van der Waals surface area contributed by atoms with Crippen LogP contribution in [-0.2, 0) is 16.0 Å². The largest absolute Gasteiger partial charge is 0.484 e. The smallest absolute Gasteiger partial charge is 0.307 e. The van der Waals surface area contributed by atoms with Crippen molar-refractivity contribution in [3.05, 3.63) is 59.3 Å². The molecular weight excluding hydrogens is 456 g/mol. The predicted octanol–water partition coefficient (Wildman–Crippen LogP) is 5.00. The van der Waals surface area contributed by atoms with Crippen molar-refractivity contribution in [2.24, 2.45) is 5.92 Å². The first-order valence-corrected chi connectivity index (χ1v) is 12.8. The number of hydrogen-bond donors (Lipinski definition) is 1. The Bertz CT molecular complexity index is 1290. The minimum absolute atomic E-state index is 0.0162. The van der Waals surface area contributed by atoms with Crippen molar-refractivity contribution in [2.45, 2.75) is 58.2 Å². The molecule has 2 heterocycles. The highest BCUT2D eigenvalue weighted by atomic mass is 16.5. The molecule has 2 aromatic carbocycles. The monoisotopic (exact) mass is 490 g/mol. The van der Waals surface area contributed by atoms with E-state index in [4.69, 9.17) is 9.47 Å². The number of aryl methyl sites for hydroxylation is 2. The van der Waals surface area contributed by atoms with Gasteiger partial charge in [0.25, 0.3) is 0 Å². The lowest BCUT2D eigenvalue weighted by Crippen LogP contribution is -2.42. The third-order valence-electron chi connectivity index (χ3n) is 7.58. The van der Waals surface area contributed by atoms with Crippen molar-refractivity contribution >= 4 is 28.5 Å². The van der Waals surface area contributed by atoms with Gasteiger partial charge in [0.2, 0.25) is 5.91 Å². The Morgan fingerprint density at radius 2 is 1.83 bits per heavy atom. The first-order valence-electron chi connectivity index (χ1n) is 12.8. The van der Waals surface area contributed by atoms with Crippen LogP contribution in [0.5, 0.6) is 5.75 Å². The number of rotatable bonds is 6. The predicted molar refractivity (Wildman–Crippen MR) is 139 cm³/mol. The van der Waals surface area contributed by atoms with Gasteiger partial charge >= 0.3 is 5.97 Å². The van der Waals surface area contributed by atoms with E-state index in [1.54, 1.807) is 4.57 Å². The number of anilines is 1. The molecule has 0 saturated heterocycles. The molecule has 1 fully saturated rings. The van der Waals surface area contributed by atoms with Gasteiger partial charge in [0.05, 0.1) is 36.9 Å². The number of hydrogen-bond acceptors (Lipinski definition) is 5. The van der Waals surface area contributed by atoms with Crippen LogP contribution in [0, 0.1) is 19.8 Å². The molecular formula is C29H34N2O5. The summed E-state index contributed by atoms with van der Waals surface area (Å²) in [7, 11) is 2.09. The average molecular weight is 491 g/mol. The fraction of sp³-hybridized carbons (Fsp3) is 0.448. The lowest BCUT2D eigenvalue weighted by Gasteiger charge is -2.36. The number of para-hydroxylation sites is 1. The molecule has 2 aliphatic rings. The zero-order valence-corrected chi connectivity index (χ0v) is 21.2. The highest BCUT2D eigenvalue weighted by Gasteiger charge is 2.31. The SMILES string of the molecule is Cc1cccc2c1N(C)CC(COC1CCC(C(=O)n3c(C)cc4c(CC(=O)O)cccc43)CC1)O2. The second-order valence-electron chi connectivity index (χ2n) is 10.2. The van der Waals surface area contributed by atoms with Crippen molar-refractivity contribution < 1.29 is 24.2 Å². The molecule has 1 saturated carbocycles. The molecule has 3 aromatic rings. The summed E-state index contributed by atoms with van der Waals surface area (Å²) in [5.41, 5.74) is 4.74. The van der Waals surface area contributed by atoms with Gasteiger partial charge in [-0.25, -0.2) is 0 Å². The first-order chi connectivity index (χ1) is 17.3. The Kier molecular flexibility index (Phi) is 6.75. The van der Waals surface area contributed by atoms with Crippen LogP contribution in [0.3, 0.4) is 0 Å². The van der Waals surface area contributed by atoms with Gasteiger partial charge in [-0.05, 0) is 68.9 Å². The Morgan fingerprint density at radius 3 is 2.58 bits per heavy atom. The number of fused-ring (bicyclic) bond motifs is 2. The summed E-state index contributed by atoms with van der Waals surface area (Å²) in [6.07, 6.45) is 3.32. The summed E-state index contributed by atoms with van der Waals surface area (Å²) in [5.74, 6) is 0.0708. The normalized spacial score (nSPS) is 21.8. The van der Waals surface area contributed by atoms with Crippen molar-refractivity contribution in [1.29, 1.82) is 0 Å². The molecule has 0 amide bonds. The lowest BCUT2D eigenvalue weighted by atomic mass is 9.86. The maximum atomic E-state index is 13.5. The number of carboxylic acid groups (broad SMARTS) is 1. The number of aromatic nitrogens is 1. The Morgan fingerprint density at radius 1 is 1.08 bits per heavy atom. The number of nitrogens with zero attached hydrogens (tertiary/aromatic N) is 2. The van der Waals surface area contributed by atoms with Crippen LogP contribution >= 0.6 is 0 Å². The Labute approximate surface area is 211 Å². The van der Waals surface area contributed by atoms with Gasteiger partial charge in [-0.1, -0.05) is 24.3 Å². The van der Waals surface area contributed by atoms with Crippen LogP contribution in [0.2, 0.25) is 0 Å². The molecule has 1 atom stereocenters. The Balaban J connectivity index is 1.19. The van der Waals surface area contributed by atoms with E-state index in [1.807, 2.05) is 43.3 Å². The van der Waals surface area contributed by atoms with Gasteiger partial charge in [-0.15, -0.1) is 0 Å². The highest BCUT2D eigenvalue weighted by molar-refractivity contribution is 5.97. The molecule has 1 aromatic heterocycles. The number of benzene rings is 2. The van der Waals surface area contributed by atoms with E-state index in [9.17, 15) is 14.7 Å². The lowest BCUT2D eigenvalue weighted by molar-refractivity contribution is -0.136. The fourth-order valence-corrected chi connectivity index (χ4v) is 5.85. The highest BCUT2D eigenvalue weighted by Crippen LogP contribution is 2.36. The second kappa shape index (κ2) is 9.97. The molecule has 5 rings (SSSR count). The van der Waals surface area contributed by atoms with E-state index < -0.39 is 5.97 Å². The average Bonchev–Trinajstić information content (AvgIpc) is 3.19. The maximum absolute atomic E-state index is 13.5. The molecule has 0 spiro atoms. The molecule has 1 aliphatic heterocycles. The van der Waals surface area contributed by atoms with Gasteiger partial charge in [0.15, 0.2) is 0 Å². The number of carboxylic acids is 1. The second-order valence-corrected chi connectivity index (χ2v) is 10.2. The molecule has 0 bridgehead atoms. The van der Waals surface area contributed by atoms with E-state index in [0.717, 1.165) is 65.8 Å². The molecule has 1 unspecified atom stereocenters. The third kappa shape index (κ3) is 4.72. The van der Waals surface area contributed by atoms with Gasteiger partial charge in [-0.3, -0.25) is 14.2 Å². The molecule has 190 valence electrons. The minimum atomic E-state index is -0.873. The summed E-state index contributed by atoms with van der Waals surface area (Å²) in [4.78, 5) is 27.0. The maximum Gasteiger partial charge on any atom is 0.307 e. The quantitative estimate of drug-likeness (QED) is 0.524. The Hall–Kier alpha value is -3.32. The zero-order chi connectivity index (χ0) is 25.4. The van der Waals surface area contributed by atoms with E-state index in [1.165, 1.54) is 5.56 Å². The van der Waals surface area contributed by atoms with Crippen LogP contribution in [0.4, 0.5) is 5.69 Å². The van der Waals surface area contributed by atoms with Crippen LogP contribution in [0.15, 0.2) is 42.5 Å². The number of ether oxygens (including phenoxy) is 2. The van der Waals surface area contributed by atoms with Gasteiger partial charge in [-0.2, -0.15) is 0 Å². The summed E-state index contributed by atoms with van der Waals surface area (Å²) < 4.78 is 14.2. The summed E-state index contributed by atoms with van der Waals surface area (Å²) in [6.45, 7) is 5.34. The third-order valence-corrected chi connectivity index (χ3v) is 7.58. The van der Waals surface area contributed by atoms with E-state index in [2.05, 4.69) is 24.9 Å². The molecule has 36 heavy (non-hydrogen) atoms. The molecule has 7 nitrogen and oxygen atoms in total. The number of carbonyl (C=O) groups excluding carboxylic acids is 1. The number of carbonyl (C=O) groups is 2. The molecule has 0 radical (unpaired) electrons. The number of likely N-dealkylation sites (N-methyl/N-ethyl adjacent to an activating group) is 1. The molecule has 1 N–H and O–H groups in total. The van der Waals surface area contributed by atoms with E-state index >= 15 is 0 Å².